The normalized spacial score (nSPS) is 23.2. The predicted molar refractivity (Wildman–Crippen MR) is 43.7 cm³/mol. The smallest absolute Gasteiger partial charge is 0.248 e. The largest absolute Gasteiger partial charge is 0.391 e. The maximum Gasteiger partial charge on any atom is 0.248 e. The summed E-state index contributed by atoms with van der Waals surface area (Å²) in [6, 6.07) is 0. The quantitative estimate of drug-likeness (QED) is 0.632. The Labute approximate surface area is 72.1 Å². The Balaban J connectivity index is 2.23. The lowest BCUT2D eigenvalue weighted by Gasteiger charge is -2.14. The number of β-amino-alcohol motifs (C(OH)–C–C–N with tert-alkyl or cyclic N) is 1. The molecule has 0 aromatic heterocycles. The SMILES string of the molecule is CCOCC(=O)N1CC[C@H](O)C1. The van der Waals surface area contributed by atoms with Gasteiger partial charge in [-0.2, -0.15) is 0 Å². The van der Waals surface area contributed by atoms with Crippen LogP contribution in [0, 0.1) is 0 Å². The number of aliphatic hydroxyl groups is 1. The number of ether oxygens (including phenoxy) is 1. The van der Waals surface area contributed by atoms with Crippen molar-refractivity contribution in [3.63, 3.8) is 0 Å². The minimum absolute atomic E-state index is 0.0200. The number of hydrogen-bond acceptors (Lipinski definition) is 3. The van der Waals surface area contributed by atoms with Gasteiger partial charge in [-0.3, -0.25) is 4.79 Å². The van der Waals surface area contributed by atoms with Gasteiger partial charge in [-0.05, 0) is 13.3 Å². The van der Waals surface area contributed by atoms with E-state index in [1.165, 1.54) is 0 Å². The van der Waals surface area contributed by atoms with Crippen LogP contribution in [0.15, 0.2) is 0 Å². The average molecular weight is 173 g/mol. The number of nitrogens with zero attached hydrogens (tertiary/aromatic N) is 1. The summed E-state index contributed by atoms with van der Waals surface area (Å²) in [5, 5.41) is 9.14. The van der Waals surface area contributed by atoms with Gasteiger partial charge in [-0.1, -0.05) is 0 Å². The highest BCUT2D eigenvalue weighted by Crippen LogP contribution is 2.08. The summed E-state index contributed by atoms with van der Waals surface area (Å²) in [7, 11) is 0. The zero-order chi connectivity index (χ0) is 8.97. The molecule has 12 heavy (non-hydrogen) atoms. The van der Waals surface area contributed by atoms with Crippen molar-refractivity contribution in [1.29, 1.82) is 0 Å². The molecular formula is C8H15NO3. The Morgan fingerprint density at radius 3 is 3.00 bits per heavy atom. The minimum atomic E-state index is -0.337. The number of carbonyl (C=O) groups excluding carboxylic acids is 1. The van der Waals surface area contributed by atoms with Gasteiger partial charge >= 0.3 is 0 Å². The maximum atomic E-state index is 11.2. The van der Waals surface area contributed by atoms with E-state index in [0.29, 0.717) is 26.1 Å². The molecule has 0 aliphatic carbocycles. The van der Waals surface area contributed by atoms with Gasteiger partial charge in [0.15, 0.2) is 0 Å². The second kappa shape index (κ2) is 4.42. The number of aliphatic hydroxyl groups excluding tert-OH is 1. The van der Waals surface area contributed by atoms with Crippen LogP contribution in [0.2, 0.25) is 0 Å². The molecule has 1 amide bonds. The van der Waals surface area contributed by atoms with Crippen LogP contribution >= 0.6 is 0 Å². The van der Waals surface area contributed by atoms with Crippen LogP contribution in [0.25, 0.3) is 0 Å². The fraction of sp³-hybridized carbons (Fsp3) is 0.875. The number of hydrogen-bond donors (Lipinski definition) is 1. The minimum Gasteiger partial charge on any atom is -0.391 e. The van der Waals surface area contributed by atoms with Gasteiger partial charge in [-0.15, -0.1) is 0 Å². The molecule has 0 saturated carbocycles. The molecule has 0 aromatic carbocycles. The maximum absolute atomic E-state index is 11.2. The molecule has 1 fully saturated rings. The van der Waals surface area contributed by atoms with E-state index in [4.69, 9.17) is 9.84 Å². The molecule has 1 aliphatic heterocycles. The number of rotatable bonds is 3. The molecule has 0 aromatic rings. The van der Waals surface area contributed by atoms with E-state index in [-0.39, 0.29) is 18.6 Å². The predicted octanol–water partition coefficient (Wildman–Crippen LogP) is -0.384. The molecule has 0 radical (unpaired) electrons. The van der Waals surface area contributed by atoms with Gasteiger partial charge in [0.1, 0.15) is 6.61 Å². The van der Waals surface area contributed by atoms with Crippen molar-refractivity contribution in [3.8, 4) is 0 Å². The molecule has 70 valence electrons. The molecule has 4 nitrogen and oxygen atoms in total. The first-order valence-corrected chi connectivity index (χ1v) is 4.27. The standard InChI is InChI=1S/C8H15NO3/c1-2-12-6-8(11)9-4-3-7(10)5-9/h7,10H,2-6H2,1H3/t7-/m0/s1. The number of carbonyl (C=O) groups is 1. The molecule has 0 bridgehead atoms. The lowest BCUT2D eigenvalue weighted by atomic mass is 10.3. The van der Waals surface area contributed by atoms with Crippen LogP contribution in [0.1, 0.15) is 13.3 Å². The molecule has 1 saturated heterocycles. The van der Waals surface area contributed by atoms with Gasteiger partial charge in [0.25, 0.3) is 0 Å². The zero-order valence-electron chi connectivity index (χ0n) is 7.32. The van der Waals surface area contributed by atoms with Gasteiger partial charge < -0.3 is 14.7 Å². The van der Waals surface area contributed by atoms with Crippen LogP contribution < -0.4 is 0 Å². The fourth-order valence-corrected chi connectivity index (χ4v) is 1.25. The summed E-state index contributed by atoms with van der Waals surface area (Å²) in [6.45, 7) is 3.68. The molecular weight excluding hydrogens is 158 g/mol. The third-order valence-corrected chi connectivity index (χ3v) is 1.95. The van der Waals surface area contributed by atoms with E-state index < -0.39 is 0 Å². The first-order valence-electron chi connectivity index (χ1n) is 4.27. The van der Waals surface area contributed by atoms with Crippen molar-refractivity contribution >= 4 is 5.91 Å². The highest BCUT2D eigenvalue weighted by Gasteiger charge is 2.23. The Hall–Kier alpha value is -0.610. The van der Waals surface area contributed by atoms with Crippen molar-refractivity contribution in [2.24, 2.45) is 0 Å². The topological polar surface area (TPSA) is 49.8 Å². The zero-order valence-corrected chi connectivity index (χ0v) is 7.32. The summed E-state index contributed by atoms with van der Waals surface area (Å²) in [6.07, 6.45) is 0.355. The van der Waals surface area contributed by atoms with Crippen LogP contribution in [0.3, 0.4) is 0 Å². The molecule has 1 aliphatic rings. The number of amides is 1. The van der Waals surface area contributed by atoms with Crippen LogP contribution in [0.4, 0.5) is 0 Å². The van der Waals surface area contributed by atoms with E-state index in [9.17, 15) is 4.79 Å². The third kappa shape index (κ3) is 2.46. The van der Waals surface area contributed by atoms with Gasteiger partial charge in [-0.25, -0.2) is 0 Å². The van der Waals surface area contributed by atoms with Crippen molar-refractivity contribution in [1.82, 2.24) is 4.90 Å². The first kappa shape index (κ1) is 9.48. The van der Waals surface area contributed by atoms with Crippen LogP contribution in [0.5, 0.6) is 0 Å². The van der Waals surface area contributed by atoms with Crippen LogP contribution in [-0.4, -0.2) is 48.3 Å². The Kier molecular flexibility index (Phi) is 3.49. The number of likely N-dealkylation sites (tertiary alicyclic amines) is 1. The van der Waals surface area contributed by atoms with Crippen molar-refractivity contribution < 1.29 is 14.6 Å². The summed E-state index contributed by atoms with van der Waals surface area (Å²) >= 11 is 0. The Morgan fingerprint density at radius 2 is 2.50 bits per heavy atom. The van der Waals surface area contributed by atoms with Gasteiger partial charge in [0.2, 0.25) is 5.91 Å². The monoisotopic (exact) mass is 173 g/mol. The second-order valence-electron chi connectivity index (χ2n) is 2.92. The van der Waals surface area contributed by atoms with E-state index >= 15 is 0 Å². The summed E-state index contributed by atoms with van der Waals surface area (Å²) in [5.74, 6) is -0.0200. The van der Waals surface area contributed by atoms with Crippen molar-refractivity contribution in [2.75, 3.05) is 26.3 Å². The van der Waals surface area contributed by atoms with E-state index in [2.05, 4.69) is 0 Å². The lowest BCUT2D eigenvalue weighted by molar-refractivity contribution is -0.135. The first-order chi connectivity index (χ1) is 5.74. The van der Waals surface area contributed by atoms with E-state index in [1.807, 2.05) is 6.92 Å². The average Bonchev–Trinajstić information content (AvgIpc) is 2.47. The molecule has 0 spiro atoms. The molecule has 0 unspecified atom stereocenters. The Morgan fingerprint density at radius 1 is 1.75 bits per heavy atom. The summed E-state index contributed by atoms with van der Waals surface area (Å²) in [5.41, 5.74) is 0. The van der Waals surface area contributed by atoms with E-state index in [1.54, 1.807) is 4.90 Å². The van der Waals surface area contributed by atoms with Crippen molar-refractivity contribution in [2.45, 2.75) is 19.4 Å². The molecule has 1 N–H and O–H groups in total. The Bertz CT molecular complexity index is 160. The lowest BCUT2D eigenvalue weighted by Crippen LogP contribution is -2.32. The summed E-state index contributed by atoms with van der Waals surface area (Å²) < 4.78 is 4.97. The highest BCUT2D eigenvalue weighted by atomic mass is 16.5. The van der Waals surface area contributed by atoms with Crippen molar-refractivity contribution in [3.05, 3.63) is 0 Å². The van der Waals surface area contributed by atoms with Gasteiger partial charge in [0.05, 0.1) is 6.10 Å². The third-order valence-electron chi connectivity index (χ3n) is 1.95. The van der Waals surface area contributed by atoms with E-state index in [0.717, 1.165) is 0 Å². The molecule has 1 heterocycles. The van der Waals surface area contributed by atoms with Gasteiger partial charge in [0, 0.05) is 19.7 Å². The molecule has 1 rings (SSSR count). The van der Waals surface area contributed by atoms with Crippen LogP contribution in [-0.2, 0) is 9.53 Å². The second-order valence-corrected chi connectivity index (χ2v) is 2.92. The highest BCUT2D eigenvalue weighted by molar-refractivity contribution is 5.77. The fourth-order valence-electron chi connectivity index (χ4n) is 1.25. The molecule has 4 heteroatoms. The summed E-state index contributed by atoms with van der Waals surface area (Å²) in [4.78, 5) is 12.9. The molecule has 1 atom stereocenters.